The lowest BCUT2D eigenvalue weighted by molar-refractivity contribution is 0.0747. The number of aromatic nitrogens is 1. The van der Waals surface area contributed by atoms with E-state index in [0.717, 1.165) is 16.6 Å². The summed E-state index contributed by atoms with van der Waals surface area (Å²) in [6.07, 6.45) is 0. The van der Waals surface area contributed by atoms with E-state index in [1.54, 1.807) is 13.8 Å². The number of halogens is 1. The fraction of sp³-hybridized carbons (Fsp3) is 0.273. The van der Waals surface area contributed by atoms with Crippen LogP contribution in [0.3, 0.4) is 0 Å². The third kappa shape index (κ3) is 1.51. The van der Waals surface area contributed by atoms with Crippen LogP contribution in [0.2, 0.25) is 5.02 Å². The summed E-state index contributed by atoms with van der Waals surface area (Å²) in [5, 5.41) is 11.5. The molecule has 0 aliphatic carbocycles. The van der Waals surface area contributed by atoms with E-state index in [1.165, 1.54) is 0 Å². The van der Waals surface area contributed by atoms with E-state index in [-0.39, 0.29) is 0 Å². The third-order valence-electron chi connectivity index (χ3n) is 2.27. The van der Waals surface area contributed by atoms with Gasteiger partial charge in [0.05, 0.1) is 5.60 Å². The fourth-order valence-corrected chi connectivity index (χ4v) is 1.68. The third-order valence-corrected chi connectivity index (χ3v) is 2.60. The number of H-pyrrole nitrogens is 1. The Morgan fingerprint density at radius 3 is 2.64 bits per heavy atom. The molecule has 0 saturated carbocycles. The van der Waals surface area contributed by atoms with Crippen molar-refractivity contribution in [1.82, 2.24) is 4.98 Å². The summed E-state index contributed by atoms with van der Waals surface area (Å²) >= 11 is 6.02. The lowest BCUT2D eigenvalue weighted by Crippen LogP contribution is -2.15. The van der Waals surface area contributed by atoms with Crippen LogP contribution >= 0.6 is 11.6 Å². The smallest absolute Gasteiger partial charge is 0.0987 e. The lowest BCUT2D eigenvalue weighted by Gasteiger charge is -2.14. The molecule has 0 fully saturated rings. The minimum atomic E-state index is -0.859. The first-order valence-electron chi connectivity index (χ1n) is 4.48. The molecule has 0 bridgehead atoms. The molecule has 3 heteroatoms. The van der Waals surface area contributed by atoms with Gasteiger partial charge in [0.25, 0.3) is 0 Å². The average Bonchev–Trinajstić information content (AvgIpc) is 2.48. The number of hydrogen-bond acceptors (Lipinski definition) is 1. The van der Waals surface area contributed by atoms with Crippen molar-refractivity contribution >= 4 is 22.5 Å². The second-order valence-corrected chi connectivity index (χ2v) is 4.35. The highest BCUT2D eigenvalue weighted by molar-refractivity contribution is 6.35. The molecule has 2 rings (SSSR count). The summed E-state index contributed by atoms with van der Waals surface area (Å²) in [7, 11) is 0. The standard InChI is InChI=1S/C11H12ClNO/c1-11(2,14)10-6-7-8(12)4-3-5-9(7)13-10/h3-6,13-14H,1-2H3. The molecule has 14 heavy (non-hydrogen) atoms. The molecule has 0 atom stereocenters. The Balaban J connectivity index is 2.69. The van der Waals surface area contributed by atoms with Gasteiger partial charge in [0.1, 0.15) is 0 Å². The van der Waals surface area contributed by atoms with Crippen molar-refractivity contribution in [3.63, 3.8) is 0 Å². The van der Waals surface area contributed by atoms with Crippen LogP contribution < -0.4 is 0 Å². The summed E-state index contributed by atoms with van der Waals surface area (Å²) in [6, 6.07) is 7.55. The quantitative estimate of drug-likeness (QED) is 0.744. The maximum Gasteiger partial charge on any atom is 0.0987 e. The zero-order chi connectivity index (χ0) is 10.3. The molecule has 2 N–H and O–H groups in total. The normalized spacial score (nSPS) is 12.3. The number of aromatic amines is 1. The molecule has 0 aliphatic rings. The number of fused-ring (bicyclic) bond motifs is 1. The Labute approximate surface area is 87.5 Å². The van der Waals surface area contributed by atoms with Gasteiger partial charge in [-0.25, -0.2) is 0 Å². The van der Waals surface area contributed by atoms with E-state index in [9.17, 15) is 5.11 Å². The largest absolute Gasteiger partial charge is 0.384 e. The predicted octanol–water partition coefficient (Wildman–Crippen LogP) is 3.05. The molecule has 0 unspecified atom stereocenters. The maximum atomic E-state index is 9.81. The number of benzene rings is 1. The van der Waals surface area contributed by atoms with Gasteiger partial charge in [0.2, 0.25) is 0 Å². The van der Waals surface area contributed by atoms with E-state index >= 15 is 0 Å². The van der Waals surface area contributed by atoms with Gasteiger partial charge in [0, 0.05) is 21.6 Å². The maximum absolute atomic E-state index is 9.81. The Morgan fingerprint density at radius 2 is 2.07 bits per heavy atom. The van der Waals surface area contributed by atoms with Crippen molar-refractivity contribution in [2.75, 3.05) is 0 Å². The van der Waals surface area contributed by atoms with Crippen molar-refractivity contribution in [2.24, 2.45) is 0 Å². The topological polar surface area (TPSA) is 36.0 Å². The van der Waals surface area contributed by atoms with Crippen LogP contribution in [0.4, 0.5) is 0 Å². The van der Waals surface area contributed by atoms with Gasteiger partial charge in [-0.3, -0.25) is 0 Å². The van der Waals surface area contributed by atoms with Crippen molar-refractivity contribution in [3.05, 3.63) is 35.0 Å². The molecule has 1 aromatic heterocycles. The molecule has 1 heterocycles. The van der Waals surface area contributed by atoms with Gasteiger partial charge in [-0.05, 0) is 32.0 Å². The molecular formula is C11H12ClNO. The van der Waals surface area contributed by atoms with Gasteiger partial charge in [-0.15, -0.1) is 0 Å². The highest BCUT2D eigenvalue weighted by atomic mass is 35.5. The Morgan fingerprint density at radius 1 is 1.36 bits per heavy atom. The molecule has 0 spiro atoms. The molecule has 74 valence electrons. The first-order valence-corrected chi connectivity index (χ1v) is 4.86. The van der Waals surface area contributed by atoms with Crippen LogP contribution in [0.5, 0.6) is 0 Å². The van der Waals surface area contributed by atoms with Gasteiger partial charge in [0.15, 0.2) is 0 Å². The molecule has 2 aromatic rings. The Hall–Kier alpha value is -0.990. The molecule has 0 aliphatic heterocycles. The number of hydrogen-bond donors (Lipinski definition) is 2. The molecule has 0 radical (unpaired) electrons. The number of nitrogens with one attached hydrogen (secondary N) is 1. The number of aliphatic hydroxyl groups is 1. The van der Waals surface area contributed by atoms with Crippen LogP contribution in [-0.4, -0.2) is 10.1 Å². The highest BCUT2D eigenvalue weighted by Gasteiger charge is 2.18. The predicted molar refractivity (Wildman–Crippen MR) is 58.6 cm³/mol. The highest BCUT2D eigenvalue weighted by Crippen LogP contribution is 2.28. The summed E-state index contributed by atoms with van der Waals surface area (Å²) in [5.74, 6) is 0. The molecule has 0 saturated heterocycles. The zero-order valence-electron chi connectivity index (χ0n) is 8.13. The molecular weight excluding hydrogens is 198 g/mol. The van der Waals surface area contributed by atoms with Gasteiger partial charge in [-0.1, -0.05) is 17.7 Å². The first kappa shape index (κ1) is 9.56. The average molecular weight is 210 g/mol. The second kappa shape index (κ2) is 3.01. The minimum Gasteiger partial charge on any atom is -0.384 e. The Kier molecular flexibility index (Phi) is 2.05. The number of rotatable bonds is 1. The second-order valence-electron chi connectivity index (χ2n) is 3.94. The van der Waals surface area contributed by atoms with E-state index in [2.05, 4.69) is 4.98 Å². The van der Waals surface area contributed by atoms with Crippen molar-refractivity contribution in [3.8, 4) is 0 Å². The molecule has 1 aromatic carbocycles. The minimum absolute atomic E-state index is 0.703. The van der Waals surface area contributed by atoms with Gasteiger partial charge < -0.3 is 10.1 Å². The SMILES string of the molecule is CC(C)(O)c1cc2c(Cl)cccc2[nH]1. The summed E-state index contributed by atoms with van der Waals surface area (Å²) in [4.78, 5) is 3.14. The van der Waals surface area contributed by atoms with Crippen molar-refractivity contribution < 1.29 is 5.11 Å². The van der Waals surface area contributed by atoms with Crippen molar-refractivity contribution in [1.29, 1.82) is 0 Å². The summed E-state index contributed by atoms with van der Waals surface area (Å²) in [6.45, 7) is 3.48. The lowest BCUT2D eigenvalue weighted by atomic mass is 10.1. The molecule has 0 amide bonds. The van der Waals surface area contributed by atoms with E-state index in [4.69, 9.17) is 11.6 Å². The van der Waals surface area contributed by atoms with Crippen LogP contribution in [0.15, 0.2) is 24.3 Å². The van der Waals surface area contributed by atoms with E-state index in [1.807, 2.05) is 24.3 Å². The van der Waals surface area contributed by atoms with Crippen LogP contribution in [-0.2, 0) is 5.60 Å². The molecule has 2 nitrogen and oxygen atoms in total. The van der Waals surface area contributed by atoms with E-state index < -0.39 is 5.60 Å². The first-order chi connectivity index (χ1) is 6.48. The summed E-state index contributed by atoms with van der Waals surface area (Å²) < 4.78 is 0. The fourth-order valence-electron chi connectivity index (χ4n) is 1.45. The Bertz CT molecular complexity index is 468. The van der Waals surface area contributed by atoms with E-state index in [0.29, 0.717) is 5.02 Å². The van der Waals surface area contributed by atoms with Crippen molar-refractivity contribution in [2.45, 2.75) is 19.4 Å². The monoisotopic (exact) mass is 209 g/mol. The van der Waals surface area contributed by atoms with Crippen LogP contribution in [0, 0.1) is 0 Å². The zero-order valence-corrected chi connectivity index (χ0v) is 8.89. The van der Waals surface area contributed by atoms with Gasteiger partial charge in [-0.2, -0.15) is 0 Å². The van der Waals surface area contributed by atoms with Crippen LogP contribution in [0.25, 0.3) is 10.9 Å². The van der Waals surface area contributed by atoms with Crippen LogP contribution in [0.1, 0.15) is 19.5 Å². The summed E-state index contributed by atoms with van der Waals surface area (Å²) in [5.41, 5.74) is 0.873. The van der Waals surface area contributed by atoms with Gasteiger partial charge >= 0.3 is 0 Å².